The fraction of sp³-hybridized carbons (Fsp3) is 0.650. The summed E-state index contributed by atoms with van der Waals surface area (Å²) >= 11 is 0. The molecule has 138 valence electrons. The van der Waals surface area contributed by atoms with Gasteiger partial charge in [-0.15, -0.1) is 0 Å². The van der Waals surface area contributed by atoms with Gasteiger partial charge in [-0.05, 0) is 54.1 Å². The van der Waals surface area contributed by atoms with Crippen LogP contribution in [0.3, 0.4) is 0 Å². The molecule has 4 N–H and O–H groups in total. The summed E-state index contributed by atoms with van der Waals surface area (Å²) in [5, 5.41) is 24.1. The first-order chi connectivity index (χ1) is 12.1. The second-order valence-electron chi connectivity index (χ2n) is 7.63. The minimum Gasteiger partial charge on any atom is -0.395 e. The second-order valence-corrected chi connectivity index (χ2v) is 7.63. The summed E-state index contributed by atoms with van der Waals surface area (Å²) in [6.07, 6.45) is 4.48. The van der Waals surface area contributed by atoms with Crippen molar-refractivity contribution in [2.75, 3.05) is 13.2 Å². The standard InChI is InChI=1S/C20H30N2O3/c1-13-7-16(15-4-2-3-14(8-15)12-23)9-18-19(24)10-17(20(13)18)11-22-25-6-5-21/h2-4,8,11,13,16-20,23-24H,5-7,9-10,12,21H2,1H3/b22-11+/t13?,16-,17+,18+,19?,20+/m0/s1. The fourth-order valence-corrected chi connectivity index (χ4v) is 4.98. The Labute approximate surface area is 149 Å². The molecular weight excluding hydrogens is 316 g/mol. The van der Waals surface area contributed by atoms with Gasteiger partial charge in [0.25, 0.3) is 0 Å². The molecule has 1 aromatic rings. The molecule has 1 aromatic carbocycles. The quantitative estimate of drug-likeness (QED) is 0.419. The van der Waals surface area contributed by atoms with Crippen molar-refractivity contribution < 1.29 is 15.1 Å². The van der Waals surface area contributed by atoms with Crippen molar-refractivity contribution in [3.05, 3.63) is 35.4 Å². The van der Waals surface area contributed by atoms with E-state index in [-0.39, 0.29) is 18.6 Å². The Balaban J connectivity index is 1.71. The zero-order valence-corrected chi connectivity index (χ0v) is 14.9. The van der Waals surface area contributed by atoms with Crippen molar-refractivity contribution in [2.45, 2.75) is 44.8 Å². The van der Waals surface area contributed by atoms with Crippen LogP contribution in [0.1, 0.15) is 43.2 Å². The third-order valence-corrected chi connectivity index (χ3v) is 6.01. The molecule has 2 fully saturated rings. The molecule has 5 heteroatoms. The molecule has 2 aliphatic carbocycles. The summed E-state index contributed by atoms with van der Waals surface area (Å²) in [5.74, 6) is 2.00. The maximum Gasteiger partial charge on any atom is 0.129 e. The highest BCUT2D eigenvalue weighted by Crippen LogP contribution is 2.52. The molecule has 3 rings (SSSR count). The molecule has 2 aliphatic rings. The fourth-order valence-electron chi connectivity index (χ4n) is 4.98. The van der Waals surface area contributed by atoms with Crippen LogP contribution in [-0.2, 0) is 11.4 Å². The van der Waals surface area contributed by atoms with Crippen molar-refractivity contribution in [1.82, 2.24) is 0 Å². The maximum absolute atomic E-state index is 10.6. The van der Waals surface area contributed by atoms with E-state index in [1.807, 2.05) is 18.3 Å². The number of nitrogens with zero attached hydrogens (tertiary/aromatic N) is 1. The van der Waals surface area contributed by atoms with Crippen molar-refractivity contribution >= 4 is 6.21 Å². The molecule has 0 bridgehead atoms. The highest BCUT2D eigenvalue weighted by Gasteiger charge is 2.48. The number of nitrogens with two attached hydrogens (primary N) is 1. The van der Waals surface area contributed by atoms with E-state index in [2.05, 4.69) is 24.2 Å². The average molecular weight is 346 g/mol. The van der Waals surface area contributed by atoms with Gasteiger partial charge in [0.2, 0.25) is 0 Å². The predicted molar refractivity (Wildman–Crippen MR) is 98.1 cm³/mol. The minimum absolute atomic E-state index is 0.0755. The van der Waals surface area contributed by atoms with E-state index in [0.717, 1.165) is 24.8 Å². The number of fused-ring (bicyclic) bond motifs is 1. The Morgan fingerprint density at radius 3 is 2.92 bits per heavy atom. The van der Waals surface area contributed by atoms with Crippen molar-refractivity contribution in [1.29, 1.82) is 0 Å². The molecule has 0 radical (unpaired) electrons. The molecule has 6 atom stereocenters. The van der Waals surface area contributed by atoms with E-state index in [1.54, 1.807) is 0 Å². The van der Waals surface area contributed by atoms with Gasteiger partial charge in [0.1, 0.15) is 6.61 Å². The van der Waals surface area contributed by atoms with Crippen molar-refractivity contribution in [3.8, 4) is 0 Å². The van der Waals surface area contributed by atoms with Gasteiger partial charge < -0.3 is 20.8 Å². The van der Waals surface area contributed by atoms with Gasteiger partial charge in [-0.3, -0.25) is 0 Å². The van der Waals surface area contributed by atoms with E-state index >= 15 is 0 Å². The van der Waals surface area contributed by atoms with Crippen LogP contribution in [0, 0.1) is 23.7 Å². The zero-order chi connectivity index (χ0) is 17.8. The van der Waals surface area contributed by atoms with Crippen LogP contribution < -0.4 is 5.73 Å². The smallest absolute Gasteiger partial charge is 0.129 e. The largest absolute Gasteiger partial charge is 0.395 e. The highest BCUT2D eigenvalue weighted by molar-refractivity contribution is 5.61. The summed E-state index contributed by atoms with van der Waals surface area (Å²) in [6, 6.07) is 8.24. The number of aliphatic hydroxyl groups excluding tert-OH is 2. The van der Waals surface area contributed by atoms with Gasteiger partial charge in [0, 0.05) is 18.7 Å². The first kappa shape index (κ1) is 18.4. The normalized spacial score (nSPS) is 35.0. The number of benzene rings is 1. The number of hydrogen-bond donors (Lipinski definition) is 3. The summed E-state index contributed by atoms with van der Waals surface area (Å²) in [6.45, 7) is 3.26. The number of rotatable bonds is 6. The van der Waals surface area contributed by atoms with Crippen LogP contribution in [0.4, 0.5) is 0 Å². The molecule has 2 unspecified atom stereocenters. The Kier molecular flexibility index (Phi) is 6.10. The van der Waals surface area contributed by atoms with Crippen LogP contribution in [-0.4, -0.2) is 35.7 Å². The molecular formula is C20H30N2O3. The molecule has 0 amide bonds. The van der Waals surface area contributed by atoms with E-state index in [4.69, 9.17) is 10.6 Å². The lowest BCUT2D eigenvalue weighted by Crippen LogP contribution is -2.34. The summed E-state index contributed by atoms with van der Waals surface area (Å²) in [5.41, 5.74) is 7.65. The van der Waals surface area contributed by atoms with Gasteiger partial charge in [-0.1, -0.05) is 36.3 Å². The molecule has 0 aromatic heterocycles. The van der Waals surface area contributed by atoms with Crippen LogP contribution in [0.5, 0.6) is 0 Å². The number of hydrogen-bond acceptors (Lipinski definition) is 5. The van der Waals surface area contributed by atoms with Gasteiger partial charge >= 0.3 is 0 Å². The lowest BCUT2D eigenvalue weighted by atomic mass is 9.66. The van der Waals surface area contributed by atoms with E-state index in [9.17, 15) is 10.2 Å². The average Bonchev–Trinajstić information content (AvgIpc) is 2.95. The molecule has 0 aliphatic heterocycles. The molecule has 2 saturated carbocycles. The monoisotopic (exact) mass is 346 g/mol. The maximum atomic E-state index is 10.6. The van der Waals surface area contributed by atoms with Crippen LogP contribution in [0.15, 0.2) is 29.4 Å². The molecule has 5 nitrogen and oxygen atoms in total. The molecule has 25 heavy (non-hydrogen) atoms. The lowest BCUT2D eigenvalue weighted by molar-refractivity contribution is 0.0660. The first-order valence-electron chi connectivity index (χ1n) is 9.37. The summed E-state index contributed by atoms with van der Waals surface area (Å²) < 4.78 is 0. The molecule has 0 heterocycles. The van der Waals surface area contributed by atoms with E-state index < -0.39 is 0 Å². The lowest BCUT2D eigenvalue weighted by Gasteiger charge is -2.39. The minimum atomic E-state index is -0.276. The van der Waals surface area contributed by atoms with Crippen LogP contribution in [0.2, 0.25) is 0 Å². The van der Waals surface area contributed by atoms with Gasteiger partial charge in [0.05, 0.1) is 12.7 Å². The van der Waals surface area contributed by atoms with Gasteiger partial charge in [0.15, 0.2) is 0 Å². The third-order valence-electron chi connectivity index (χ3n) is 6.01. The first-order valence-corrected chi connectivity index (χ1v) is 9.37. The van der Waals surface area contributed by atoms with Gasteiger partial charge in [-0.2, -0.15) is 0 Å². The molecule has 0 saturated heterocycles. The SMILES string of the molecule is CC1C[C@H](c2cccc(CO)c2)C[C@@H]2C(O)C[C@H](/C=N/OCCN)[C@@H]12. The topological polar surface area (TPSA) is 88.1 Å². The highest BCUT2D eigenvalue weighted by atomic mass is 16.6. The van der Waals surface area contributed by atoms with Crippen LogP contribution >= 0.6 is 0 Å². The number of oxime groups is 1. The third kappa shape index (κ3) is 4.05. The molecule has 0 spiro atoms. The zero-order valence-electron chi connectivity index (χ0n) is 14.9. The van der Waals surface area contributed by atoms with Gasteiger partial charge in [-0.25, -0.2) is 0 Å². The Morgan fingerprint density at radius 1 is 1.32 bits per heavy atom. The Bertz CT molecular complexity index is 592. The van der Waals surface area contributed by atoms with Crippen molar-refractivity contribution in [3.63, 3.8) is 0 Å². The predicted octanol–water partition coefficient (Wildman–Crippen LogP) is 2.27. The van der Waals surface area contributed by atoms with Crippen LogP contribution in [0.25, 0.3) is 0 Å². The van der Waals surface area contributed by atoms with Crippen molar-refractivity contribution in [2.24, 2.45) is 34.6 Å². The Hall–Kier alpha value is -1.43. The summed E-state index contributed by atoms with van der Waals surface area (Å²) in [4.78, 5) is 5.15. The summed E-state index contributed by atoms with van der Waals surface area (Å²) in [7, 11) is 0. The van der Waals surface area contributed by atoms with E-state index in [1.165, 1.54) is 5.56 Å². The Morgan fingerprint density at radius 2 is 2.16 bits per heavy atom. The number of aliphatic hydroxyl groups is 2. The van der Waals surface area contributed by atoms with E-state index in [0.29, 0.717) is 36.8 Å². The second kappa shape index (κ2) is 8.30.